The van der Waals surface area contributed by atoms with Gasteiger partial charge in [0.15, 0.2) is 0 Å². The van der Waals surface area contributed by atoms with E-state index in [1.54, 1.807) is 0 Å². The fraction of sp³-hybridized carbons (Fsp3) is 0.212. The standard InChI is InChI=1S/C33H33N3O3/c1-39-33(38)31(25-12-6-3-7-13-25)34-27-20-22-36(23-21-27)28-18-16-26(17-19-28)35-32(37)30-15-9-8-14-29(30)24-10-4-2-5-11-24/h2-19,27,31,34H,20-23H2,1H3,(H,35,37). The topological polar surface area (TPSA) is 70.7 Å². The Morgan fingerprint density at radius 1 is 0.795 bits per heavy atom. The average molecular weight is 520 g/mol. The van der Waals surface area contributed by atoms with Crippen molar-refractivity contribution in [3.05, 3.63) is 120 Å². The van der Waals surface area contributed by atoms with Crippen molar-refractivity contribution in [3.63, 3.8) is 0 Å². The molecule has 0 saturated carbocycles. The molecule has 4 aromatic carbocycles. The molecule has 198 valence electrons. The van der Waals surface area contributed by atoms with Crippen LogP contribution in [0.3, 0.4) is 0 Å². The van der Waals surface area contributed by atoms with Crippen LogP contribution in [0, 0.1) is 0 Å². The highest BCUT2D eigenvalue weighted by atomic mass is 16.5. The van der Waals surface area contributed by atoms with E-state index in [-0.39, 0.29) is 17.9 Å². The van der Waals surface area contributed by atoms with E-state index >= 15 is 0 Å². The summed E-state index contributed by atoms with van der Waals surface area (Å²) in [7, 11) is 1.43. The summed E-state index contributed by atoms with van der Waals surface area (Å²) in [5, 5.41) is 6.56. The Bertz CT molecular complexity index is 1380. The zero-order valence-electron chi connectivity index (χ0n) is 22.0. The molecule has 1 fully saturated rings. The van der Waals surface area contributed by atoms with Crippen LogP contribution >= 0.6 is 0 Å². The number of carbonyl (C=O) groups is 2. The number of esters is 1. The van der Waals surface area contributed by atoms with E-state index < -0.39 is 6.04 Å². The van der Waals surface area contributed by atoms with Crippen LogP contribution in [0.1, 0.15) is 34.8 Å². The van der Waals surface area contributed by atoms with Gasteiger partial charge in [0.25, 0.3) is 5.91 Å². The van der Waals surface area contributed by atoms with E-state index in [9.17, 15) is 9.59 Å². The maximum Gasteiger partial charge on any atom is 0.327 e. The molecule has 1 aliphatic rings. The summed E-state index contributed by atoms with van der Waals surface area (Å²) < 4.78 is 5.05. The summed E-state index contributed by atoms with van der Waals surface area (Å²) >= 11 is 0. The zero-order valence-corrected chi connectivity index (χ0v) is 22.0. The van der Waals surface area contributed by atoms with Crippen molar-refractivity contribution in [1.82, 2.24) is 5.32 Å². The number of rotatable bonds is 8. The lowest BCUT2D eigenvalue weighted by Crippen LogP contribution is -2.45. The third-order valence-electron chi connectivity index (χ3n) is 7.21. The maximum absolute atomic E-state index is 13.1. The van der Waals surface area contributed by atoms with E-state index in [0.717, 1.165) is 54.0 Å². The van der Waals surface area contributed by atoms with Gasteiger partial charge in [-0.3, -0.25) is 10.1 Å². The van der Waals surface area contributed by atoms with Crippen LogP contribution in [0.4, 0.5) is 11.4 Å². The molecule has 0 aromatic heterocycles. The molecule has 6 heteroatoms. The van der Waals surface area contributed by atoms with Crippen LogP contribution in [0.15, 0.2) is 109 Å². The second-order valence-corrected chi connectivity index (χ2v) is 9.71. The molecule has 1 amide bonds. The molecule has 0 spiro atoms. The minimum atomic E-state index is -0.470. The van der Waals surface area contributed by atoms with Crippen LogP contribution < -0.4 is 15.5 Å². The number of nitrogens with zero attached hydrogens (tertiary/aromatic N) is 1. The lowest BCUT2D eigenvalue weighted by Gasteiger charge is -2.35. The molecule has 2 N–H and O–H groups in total. The van der Waals surface area contributed by atoms with Gasteiger partial charge < -0.3 is 15.0 Å². The van der Waals surface area contributed by atoms with Gasteiger partial charge >= 0.3 is 5.97 Å². The van der Waals surface area contributed by atoms with Crippen molar-refractivity contribution < 1.29 is 14.3 Å². The van der Waals surface area contributed by atoms with E-state index in [1.165, 1.54) is 7.11 Å². The van der Waals surface area contributed by atoms with Crippen LogP contribution in [-0.2, 0) is 9.53 Å². The highest BCUT2D eigenvalue weighted by Gasteiger charge is 2.27. The summed E-state index contributed by atoms with van der Waals surface area (Å²) in [6.45, 7) is 1.74. The van der Waals surface area contributed by atoms with Gasteiger partial charge in [0.2, 0.25) is 0 Å². The SMILES string of the molecule is COC(=O)C(NC1CCN(c2ccc(NC(=O)c3ccccc3-c3ccccc3)cc2)CC1)c1ccccc1. The number of nitrogens with one attached hydrogen (secondary N) is 2. The highest BCUT2D eigenvalue weighted by molar-refractivity contribution is 6.08. The minimum absolute atomic E-state index is 0.132. The molecule has 1 unspecified atom stereocenters. The molecule has 0 radical (unpaired) electrons. The largest absolute Gasteiger partial charge is 0.468 e. The van der Waals surface area contributed by atoms with Crippen LogP contribution in [-0.4, -0.2) is 38.1 Å². The van der Waals surface area contributed by atoms with Crippen LogP contribution in [0.2, 0.25) is 0 Å². The van der Waals surface area contributed by atoms with Gasteiger partial charge in [-0.2, -0.15) is 0 Å². The quantitative estimate of drug-likeness (QED) is 0.276. The third-order valence-corrected chi connectivity index (χ3v) is 7.21. The molecule has 0 aliphatic carbocycles. The minimum Gasteiger partial charge on any atom is -0.468 e. The number of ether oxygens (including phenoxy) is 1. The number of amides is 1. The maximum atomic E-state index is 13.1. The Labute approximate surface area is 229 Å². The van der Waals surface area contributed by atoms with Crippen molar-refractivity contribution in [2.24, 2.45) is 0 Å². The number of methoxy groups -OCH3 is 1. The van der Waals surface area contributed by atoms with Gasteiger partial charge in [0.05, 0.1) is 7.11 Å². The fourth-order valence-electron chi connectivity index (χ4n) is 5.11. The van der Waals surface area contributed by atoms with Gasteiger partial charge in [-0.05, 0) is 59.9 Å². The van der Waals surface area contributed by atoms with Crippen molar-refractivity contribution in [1.29, 1.82) is 0 Å². The fourth-order valence-corrected chi connectivity index (χ4v) is 5.11. The van der Waals surface area contributed by atoms with Crippen molar-refractivity contribution in [3.8, 4) is 11.1 Å². The second-order valence-electron chi connectivity index (χ2n) is 9.71. The number of benzene rings is 4. The Morgan fingerprint density at radius 2 is 1.41 bits per heavy atom. The lowest BCUT2D eigenvalue weighted by molar-refractivity contribution is -0.143. The first-order valence-electron chi connectivity index (χ1n) is 13.3. The highest BCUT2D eigenvalue weighted by Crippen LogP contribution is 2.27. The summed E-state index contributed by atoms with van der Waals surface area (Å²) in [6, 6.07) is 35.1. The van der Waals surface area contributed by atoms with E-state index in [2.05, 4.69) is 15.5 Å². The monoisotopic (exact) mass is 519 g/mol. The summed E-state index contributed by atoms with van der Waals surface area (Å²) in [5.41, 5.74) is 5.35. The molecule has 39 heavy (non-hydrogen) atoms. The van der Waals surface area contributed by atoms with Crippen molar-refractivity contribution in [2.75, 3.05) is 30.4 Å². The van der Waals surface area contributed by atoms with Gasteiger partial charge in [0.1, 0.15) is 6.04 Å². The predicted octanol–water partition coefficient (Wildman–Crippen LogP) is 6.08. The molecule has 4 aromatic rings. The first-order valence-corrected chi connectivity index (χ1v) is 13.3. The Hall–Kier alpha value is -4.42. The number of carbonyl (C=O) groups excluding carboxylic acids is 2. The Morgan fingerprint density at radius 3 is 2.08 bits per heavy atom. The number of piperidine rings is 1. The van der Waals surface area contributed by atoms with Gasteiger partial charge in [-0.1, -0.05) is 78.9 Å². The second kappa shape index (κ2) is 12.4. The van der Waals surface area contributed by atoms with Crippen molar-refractivity contribution in [2.45, 2.75) is 24.9 Å². The molecular formula is C33H33N3O3. The third kappa shape index (κ3) is 6.36. The molecule has 5 rings (SSSR count). The first-order chi connectivity index (χ1) is 19.1. The number of hydrogen-bond donors (Lipinski definition) is 2. The Kier molecular flexibility index (Phi) is 8.34. The van der Waals surface area contributed by atoms with Crippen LogP contribution in [0.5, 0.6) is 0 Å². The molecule has 6 nitrogen and oxygen atoms in total. The molecule has 1 atom stereocenters. The van der Waals surface area contributed by atoms with E-state index in [0.29, 0.717) is 5.56 Å². The molecule has 1 saturated heterocycles. The zero-order chi connectivity index (χ0) is 27.0. The molecular weight excluding hydrogens is 486 g/mol. The first kappa shape index (κ1) is 26.2. The number of anilines is 2. The Balaban J connectivity index is 1.19. The van der Waals surface area contributed by atoms with Crippen LogP contribution in [0.25, 0.3) is 11.1 Å². The van der Waals surface area contributed by atoms with Crippen molar-refractivity contribution >= 4 is 23.3 Å². The molecule has 1 aliphatic heterocycles. The smallest absolute Gasteiger partial charge is 0.327 e. The average Bonchev–Trinajstić information content (AvgIpc) is 3.01. The van der Waals surface area contributed by atoms with E-state index in [4.69, 9.17) is 4.74 Å². The molecule has 1 heterocycles. The van der Waals surface area contributed by atoms with Gasteiger partial charge in [-0.25, -0.2) is 4.79 Å². The van der Waals surface area contributed by atoms with E-state index in [1.807, 2.05) is 109 Å². The van der Waals surface area contributed by atoms with Gasteiger partial charge in [-0.15, -0.1) is 0 Å². The summed E-state index contributed by atoms with van der Waals surface area (Å²) in [5.74, 6) is -0.402. The normalized spacial score (nSPS) is 14.4. The lowest BCUT2D eigenvalue weighted by atomic mass is 9.99. The molecule has 0 bridgehead atoms. The van der Waals surface area contributed by atoms with Gasteiger partial charge in [0, 0.05) is 36.1 Å². The predicted molar refractivity (Wildman–Crippen MR) is 156 cm³/mol. The summed E-state index contributed by atoms with van der Waals surface area (Å²) in [4.78, 5) is 27.9. The summed E-state index contributed by atoms with van der Waals surface area (Å²) in [6.07, 6.45) is 1.82. The number of hydrogen-bond acceptors (Lipinski definition) is 5.